The number of aromatic nitrogens is 2. The maximum absolute atomic E-state index is 11.7. The number of benzene rings is 1. The molecule has 0 saturated carbocycles. The van der Waals surface area contributed by atoms with Crippen LogP contribution in [-0.4, -0.2) is 35.9 Å². The van der Waals surface area contributed by atoms with Gasteiger partial charge in [0.05, 0.1) is 5.52 Å². The van der Waals surface area contributed by atoms with Crippen LogP contribution < -0.4 is 16.0 Å². The lowest BCUT2D eigenvalue weighted by Crippen LogP contribution is -2.34. The summed E-state index contributed by atoms with van der Waals surface area (Å²) < 4.78 is 1.79. The highest BCUT2D eigenvalue weighted by atomic mass is 16.2. The smallest absolute Gasteiger partial charge is 0.320 e. The molecule has 0 atom stereocenters. The molecule has 6 heteroatoms. The van der Waals surface area contributed by atoms with E-state index < -0.39 is 0 Å². The number of urea groups is 1. The van der Waals surface area contributed by atoms with Crippen LogP contribution in [0.5, 0.6) is 0 Å². The van der Waals surface area contributed by atoms with E-state index in [0.717, 1.165) is 23.0 Å². The molecule has 2 rings (SSSR count). The molecule has 2 aromatic rings. The van der Waals surface area contributed by atoms with Crippen LogP contribution in [0.4, 0.5) is 10.6 Å². The number of para-hydroxylation sites is 1. The second kappa shape index (κ2) is 11.5. The number of hydrogen-bond acceptors (Lipinski definition) is 3. The molecule has 0 unspecified atom stereocenters. The largest absolute Gasteiger partial charge is 0.337 e. The van der Waals surface area contributed by atoms with Crippen LogP contribution >= 0.6 is 0 Å². The standard InChI is InChI=1S/C13H19N5O.2C2H6.H2/c1-9-5-4-6-10-11(9)18(3)17-12(10)16-13(19)15-8-7-14-2;2*1-2;/h4-6,14H,7-8H2,1-3H3,(H2,15,16,17,19);2*1-2H3;1H. The highest BCUT2D eigenvalue weighted by Crippen LogP contribution is 2.24. The van der Waals surface area contributed by atoms with Crippen molar-refractivity contribution in [3.8, 4) is 0 Å². The SMILES string of the molecule is CC.CC.CNCCNC(=O)Nc1nn(C)c2c(C)cccc12.[HH]. The Morgan fingerprint density at radius 1 is 1.22 bits per heavy atom. The Morgan fingerprint density at radius 3 is 2.48 bits per heavy atom. The zero-order valence-corrected chi connectivity index (χ0v) is 15.4. The number of amides is 2. The van der Waals surface area contributed by atoms with Gasteiger partial charge in [0.15, 0.2) is 5.82 Å². The predicted molar refractivity (Wildman–Crippen MR) is 101 cm³/mol. The van der Waals surface area contributed by atoms with E-state index in [-0.39, 0.29) is 7.46 Å². The van der Waals surface area contributed by atoms with Gasteiger partial charge in [0, 0.05) is 27.0 Å². The van der Waals surface area contributed by atoms with Crippen molar-refractivity contribution in [2.75, 3.05) is 25.5 Å². The van der Waals surface area contributed by atoms with Gasteiger partial charge < -0.3 is 10.6 Å². The van der Waals surface area contributed by atoms with E-state index in [1.165, 1.54) is 0 Å². The van der Waals surface area contributed by atoms with Gasteiger partial charge in [-0.15, -0.1) is 0 Å². The summed E-state index contributed by atoms with van der Waals surface area (Å²) in [4.78, 5) is 11.7. The number of anilines is 1. The summed E-state index contributed by atoms with van der Waals surface area (Å²) in [6, 6.07) is 5.71. The second-order valence-corrected chi connectivity index (χ2v) is 4.43. The maximum atomic E-state index is 11.7. The van der Waals surface area contributed by atoms with Crippen LogP contribution in [-0.2, 0) is 7.05 Å². The number of carbonyl (C=O) groups excluding carboxylic acids is 1. The van der Waals surface area contributed by atoms with Crippen molar-refractivity contribution < 1.29 is 6.22 Å². The Balaban J connectivity index is 0. The Kier molecular flexibility index (Phi) is 10.4. The van der Waals surface area contributed by atoms with Gasteiger partial charge in [-0.25, -0.2) is 4.79 Å². The zero-order chi connectivity index (χ0) is 17.8. The maximum Gasteiger partial charge on any atom is 0.320 e. The average molecular weight is 323 g/mol. The van der Waals surface area contributed by atoms with E-state index >= 15 is 0 Å². The van der Waals surface area contributed by atoms with Crippen molar-refractivity contribution in [2.24, 2.45) is 7.05 Å². The molecule has 0 aliphatic heterocycles. The molecule has 1 heterocycles. The summed E-state index contributed by atoms with van der Waals surface area (Å²) in [6.45, 7) is 11.3. The Morgan fingerprint density at radius 2 is 1.87 bits per heavy atom. The molecule has 132 valence electrons. The number of hydrogen-bond donors (Lipinski definition) is 3. The lowest BCUT2D eigenvalue weighted by atomic mass is 10.1. The van der Waals surface area contributed by atoms with Crippen LogP contribution in [0.2, 0.25) is 0 Å². The number of aryl methyl sites for hydroxylation is 2. The van der Waals surface area contributed by atoms with Gasteiger partial charge in [0.2, 0.25) is 0 Å². The summed E-state index contributed by atoms with van der Waals surface area (Å²) in [5.41, 5.74) is 2.17. The summed E-state index contributed by atoms with van der Waals surface area (Å²) in [6.07, 6.45) is 0. The molecule has 6 nitrogen and oxygen atoms in total. The van der Waals surface area contributed by atoms with Crippen LogP contribution in [0.15, 0.2) is 18.2 Å². The van der Waals surface area contributed by atoms with Crippen LogP contribution in [0.3, 0.4) is 0 Å². The van der Waals surface area contributed by atoms with E-state index in [2.05, 4.69) is 21.0 Å². The quantitative estimate of drug-likeness (QED) is 0.754. The topological polar surface area (TPSA) is 71.0 Å². The molecular weight excluding hydrogens is 290 g/mol. The molecule has 1 aromatic carbocycles. The van der Waals surface area contributed by atoms with Crippen LogP contribution in [0.1, 0.15) is 34.7 Å². The van der Waals surface area contributed by atoms with Gasteiger partial charge in [-0.1, -0.05) is 39.8 Å². The minimum Gasteiger partial charge on any atom is -0.337 e. The third-order valence-electron chi connectivity index (χ3n) is 2.96. The first-order valence-electron chi connectivity index (χ1n) is 8.25. The molecule has 0 spiro atoms. The summed E-state index contributed by atoms with van der Waals surface area (Å²) in [5, 5.41) is 13.8. The Bertz CT molecular complexity index is 598. The van der Waals surface area contributed by atoms with Crippen molar-refractivity contribution in [3.05, 3.63) is 23.8 Å². The molecule has 3 N–H and O–H groups in total. The molecular formula is C17H33N5O. The average Bonchev–Trinajstić information content (AvgIpc) is 2.89. The number of carbonyl (C=O) groups is 1. The van der Waals surface area contributed by atoms with Gasteiger partial charge in [-0.3, -0.25) is 10.00 Å². The fourth-order valence-corrected chi connectivity index (χ4v) is 2.08. The Labute approximate surface area is 141 Å². The van der Waals surface area contributed by atoms with E-state index in [1.807, 2.05) is 66.9 Å². The number of rotatable bonds is 4. The van der Waals surface area contributed by atoms with E-state index in [9.17, 15) is 4.79 Å². The van der Waals surface area contributed by atoms with Crippen molar-refractivity contribution >= 4 is 22.8 Å². The van der Waals surface area contributed by atoms with Crippen molar-refractivity contribution in [3.63, 3.8) is 0 Å². The number of nitrogens with one attached hydrogen (secondary N) is 3. The summed E-state index contributed by atoms with van der Waals surface area (Å²) in [5.74, 6) is 0.586. The third kappa shape index (κ3) is 5.90. The lowest BCUT2D eigenvalue weighted by molar-refractivity contribution is 0.252. The molecule has 0 bridgehead atoms. The minimum atomic E-state index is -0.239. The normalized spacial score (nSPS) is 9.35. The van der Waals surface area contributed by atoms with Crippen molar-refractivity contribution in [1.29, 1.82) is 0 Å². The molecule has 1 aromatic heterocycles. The highest BCUT2D eigenvalue weighted by Gasteiger charge is 2.12. The fraction of sp³-hybridized carbons (Fsp3) is 0.529. The minimum absolute atomic E-state index is 0. The van der Waals surface area contributed by atoms with Crippen LogP contribution in [0, 0.1) is 6.92 Å². The lowest BCUT2D eigenvalue weighted by Gasteiger charge is -2.05. The summed E-state index contributed by atoms with van der Waals surface area (Å²) >= 11 is 0. The molecule has 0 radical (unpaired) electrons. The first-order chi connectivity index (χ1) is 11.1. The molecule has 2 amide bonds. The van der Waals surface area contributed by atoms with Crippen molar-refractivity contribution in [2.45, 2.75) is 34.6 Å². The molecule has 0 aliphatic carbocycles. The van der Waals surface area contributed by atoms with E-state index in [0.29, 0.717) is 12.4 Å². The van der Waals surface area contributed by atoms with Gasteiger partial charge >= 0.3 is 6.03 Å². The third-order valence-corrected chi connectivity index (χ3v) is 2.96. The number of fused-ring (bicyclic) bond motifs is 1. The van der Waals surface area contributed by atoms with Gasteiger partial charge in [-0.05, 0) is 25.6 Å². The molecule has 0 fully saturated rings. The predicted octanol–water partition coefficient (Wildman–Crippen LogP) is 3.52. The number of nitrogens with zero attached hydrogens (tertiary/aromatic N) is 2. The molecule has 23 heavy (non-hydrogen) atoms. The first-order valence-corrected chi connectivity index (χ1v) is 8.25. The highest BCUT2D eigenvalue weighted by molar-refractivity contribution is 6.00. The second-order valence-electron chi connectivity index (χ2n) is 4.43. The summed E-state index contributed by atoms with van der Waals surface area (Å²) in [7, 11) is 3.72. The molecule has 0 aliphatic rings. The fourth-order valence-electron chi connectivity index (χ4n) is 2.08. The first kappa shape index (κ1) is 20.9. The Hall–Kier alpha value is -2.08. The van der Waals surface area contributed by atoms with Gasteiger partial charge in [0.25, 0.3) is 0 Å². The van der Waals surface area contributed by atoms with Crippen LogP contribution in [0.25, 0.3) is 10.9 Å². The zero-order valence-electron chi connectivity index (χ0n) is 15.4. The van der Waals surface area contributed by atoms with Crippen molar-refractivity contribution in [1.82, 2.24) is 20.4 Å². The monoisotopic (exact) mass is 323 g/mol. The van der Waals surface area contributed by atoms with E-state index in [4.69, 9.17) is 0 Å². The molecule has 0 saturated heterocycles. The number of likely N-dealkylation sites (N-methyl/N-ethyl adjacent to an activating group) is 1. The van der Waals surface area contributed by atoms with Gasteiger partial charge in [0.1, 0.15) is 0 Å². The van der Waals surface area contributed by atoms with Gasteiger partial charge in [-0.2, -0.15) is 5.10 Å². The van der Waals surface area contributed by atoms with E-state index in [1.54, 1.807) is 4.68 Å².